The highest BCUT2D eigenvalue weighted by atomic mass is 35.5. The first-order chi connectivity index (χ1) is 12.1. The van der Waals surface area contributed by atoms with Gasteiger partial charge in [0.05, 0.1) is 22.4 Å². The highest BCUT2D eigenvalue weighted by Crippen LogP contribution is 2.29. The van der Waals surface area contributed by atoms with Gasteiger partial charge in [-0.25, -0.2) is 0 Å². The number of carbonyl (C=O) groups is 2. The number of para-hydroxylation sites is 1. The molecule has 4 rings (SSSR count). The Morgan fingerprint density at radius 2 is 2.08 bits per heavy atom. The normalized spacial score (nSPS) is 19.8. The molecule has 2 heterocycles. The zero-order valence-electron chi connectivity index (χ0n) is 13.6. The first-order valence-electron chi connectivity index (χ1n) is 8.46. The number of anilines is 1. The second kappa shape index (κ2) is 6.52. The standard InChI is InChI=1S/C18H18ClN3O3/c19-13-6-2-4-8-15(13)22-10-11(9-16(22)23)20-18(24)17-12-5-1-3-7-14(12)21-25-17/h2,4,6,8,11H,1,3,5,7,9-10H2,(H,20,24). The molecule has 1 aromatic carbocycles. The fourth-order valence-electron chi connectivity index (χ4n) is 3.53. The van der Waals surface area contributed by atoms with Crippen molar-refractivity contribution >= 4 is 29.1 Å². The lowest BCUT2D eigenvalue weighted by Crippen LogP contribution is -2.37. The summed E-state index contributed by atoms with van der Waals surface area (Å²) in [5, 5.41) is 7.43. The van der Waals surface area contributed by atoms with Crippen molar-refractivity contribution in [3.63, 3.8) is 0 Å². The van der Waals surface area contributed by atoms with E-state index in [1.807, 2.05) is 12.1 Å². The SMILES string of the molecule is O=C(NC1CC(=O)N(c2ccccc2Cl)C1)c1onc2c1CCCC2. The summed E-state index contributed by atoms with van der Waals surface area (Å²) in [5.41, 5.74) is 2.47. The van der Waals surface area contributed by atoms with Crippen molar-refractivity contribution in [1.29, 1.82) is 0 Å². The lowest BCUT2D eigenvalue weighted by molar-refractivity contribution is -0.117. The Hall–Kier alpha value is -2.34. The van der Waals surface area contributed by atoms with Crippen LogP contribution in [-0.2, 0) is 17.6 Å². The Kier molecular flexibility index (Phi) is 4.21. The van der Waals surface area contributed by atoms with Crippen LogP contribution in [0.2, 0.25) is 5.02 Å². The predicted molar refractivity (Wildman–Crippen MR) is 92.8 cm³/mol. The maximum absolute atomic E-state index is 12.5. The molecular weight excluding hydrogens is 342 g/mol. The van der Waals surface area contributed by atoms with E-state index in [0.717, 1.165) is 36.9 Å². The van der Waals surface area contributed by atoms with Crippen LogP contribution in [0.15, 0.2) is 28.8 Å². The minimum Gasteiger partial charge on any atom is -0.350 e. The van der Waals surface area contributed by atoms with Gasteiger partial charge in [0, 0.05) is 18.5 Å². The van der Waals surface area contributed by atoms with Crippen LogP contribution in [0.4, 0.5) is 5.69 Å². The summed E-state index contributed by atoms with van der Waals surface area (Å²) in [7, 11) is 0. The van der Waals surface area contributed by atoms with Gasteiger partial charge >= 0.3 is 0 Å². The Morgan fingerprint density at radius 1 is 1.28 bits per heavy atom. The van der Waals surface area contributed by atoms with E-state index in [-0.39, 0.29) is 24.3 Å². The molecule has 1 aliphatic carbocycles. The number of nitrogens with zero attached hydrogens (tertiary/aromatic N) is 2. The molecule has 0 spiro atoms. The average molecular weight is 360 g/mol. The van der Waals surface area contributed by atoms with Gasteiger partial charge < -0.3 is 14.7 Å². The largest absolute Gasteiger partial charge is 0.350 e. The Labute approximate surface area is 150 Å². The number of hydrogen-bond acceptors (Lipinski definition) is 4. The first kappa shape index (κ1) is 16.1. The lowest BCUT2D eigenvalue weighted by Gasteiger charge is -2.18. The van der Waals surface area contributed by atoms with E-state index >= 15 is 0 Å². The van der Waals surface area contributed by atoms with Gasteiger partial charge in [0.1, 0.15) is 0 Å². The van der Waals surface area contributed by atoms with Crippen LogP contribution in [0.1, 0.15) is 41.1 Å². The number of carbonyl (C=O) groups excluding carboxylic acids is 2. The van der Waals surface area contributed by atoms with E-state index in [1.54, 1.807) is 17.0 Å². The highest BCUT2D eigenvalue weighted by molar-refractivity contribution is 6.33. The number of hydrogen-bond donors (Lipinski definition) is 1. The van der Waals surface area contributed by atoms with Gasteiger partial charge in [0.25, 0.3) is 5.91 Å². The summed E-state index contributed by atoms with van der Waals surface area (Å²) in [6.07, 6.45) is 4.03. The molecule has 2 amide bonds. The number of rotatable bonds is 3. The fraction of sp³-hybridized carbons (Fsp3) is 0.389. The molecule has 1 saturated heterocycles. The summed E-state index contributed by atoms with van der Waals surface area (Å²) in [6, 6.07) is 6.93. The second-order valence-corrected chi connectivity index (χ2v) is 6.88. The van der Waals surface area contributed by atoms with Crippen LogP contribution in [-0.4, -0.2) is 29.6 Å². The number of aryl methyl sites for hydroxylation is 1. The molecule has 1 aromatic heterocycles. The Balaban J connectivity index is 1.47. The van der Waals surface area contributed by atoms with E-state index < -0.39 is 0 Å². The quantitative estimate of drug-likeness (QED) is 0.914. The molecule has 1 fully saturated rings. The van der Waals surface area contributed by atoms with Crippen molar-refractivity contribution in [2.75, 3.05) is 11.4 Å². The van der Waals surface area contributed by atoms with Gasteiger partial charge in [-0.05, 0) is 37.8 Å². The number of benzene rings is 1. The topological polar surface area (TPSA) is 75.4 Å². The van der Waals surface area contributed by atoms with Crippen LogP contribution in [0.3, 0.4) is 0 Å². The summed E-state index contributed by atoms with van der Waals surface area (Å²) >= 11 is 6.18. The molecule has 2 aliphatic rings. The van der Waals surface area contributed by atoms with E-state index in [2.05, 4.69) is 10.5 Å². The third-order valence-corrected chi connectivity index (χ3v) is 5.09. The van der Waals surface area contributed by atoms with E-state index in [4.69, 9.17) is 16.1 Å². The minimum atomic E-state index is -0.297. The molecule has 130 valence electrons. The van der Waals surface area contributed by atoms with Crippen LogP contribution in [0.5, 0.6) is 0 Å². The van der Waals surface area contributed by atoms with Crippen molar-refractivity contribution < 1.29 is 14.1 Å². The van der Waals surface area contributed by atoms with Crippen LogP contribution < -0.4 is 10.2 Å². The van der Waals surface area contributed by atoms with E-state index in [0.29, 0.717) is 23.0 Å². The van der Waals surface area contributed by atoms with Crippen molar-refractivity contribution in [3.8, 4) is 0 Å². The number of amides is 2. The maximum Gasteiger partial charge on any atom is 0.290 e. The molecule has 1 atom stereocenters. The van der Waals surface area contributed by atoms with Gasteiger partial charge in [0.15, 0.2) is 0 Å². The molecule has 2 aromatic rings. The molecule has 7 heteroatoms. The third-order valence-electron chi connectivity index (χ3n) is 4.77. The van der Waals surface area contributed by atoms with Gasteiger partial charge in [-0.3, -0.25) is 9.59 Å². The summed E-state index contributed by atoms with van der Waals surface area (Å²) < 4.78 is 5.27. The molecule has 25 heavy (non-hydrogen) atoms. The Bertz CT molecular complexity index is 833. The van der Waals surface area contributed by atoms with Gasteiger partial charge in [-0.1, -0.05) is 28.9 Å². The molecule has 0 bridgehead atoms. The summed E-state index contributed by atoms with van der Waals surface area (Å²) in [4.78, 5) is 26.5. The van der Waals surface area contributed by atoms with Crippen molar-refractivity contribution in [2.24, 2.45) is 0 Å². The summed E-state index contributed by atoms with van der Waals surface area (Å²) in [5.74, 6) is -0.0641. The average Bonchev–Trinajstić information content (AvgIpc) is 3.19. The number of aromatic nitrogens is 1. The molecular formula is C18H18ClN3O3. The van der Waals surface area contributed by atoms with Crippen LogP contribution >= 0.6 is 11.6 Å². The van der Waals surface area contributed by atoms with Crippen LogP contribution in [0.25, 0.3) is 0 Å². The third kappa shape index (κ3) is 3.02. The second-order valence-electron chi connectivity index (χ2n) is 6.47. The first-order valence-corrected chi connectivity index (χ1v) is 8.84. The van der Waals surface area contributed by atoms with Gasteiger partial charge in [-0.15, -0.1) is 0 Å². The monoisotopic (exact) mass is 359 g/mol. The minimum absolute atomic E-state index is 0.0574. The van der Waals surface area contributed by atoms with Crippen LogP contribution in [0, 0.1) is 0 Å². The zero-order chi connectivity index (χ0) is 17.4. The van der Waals surface area contributed by atoms with Crippen molar-refractivity contribution in [1.82, 2.24) is 10.5 Å². The van der Waals surface area contributed by atoms with Crippen molar-refractivity contribution in [2.45, 2.75) is 38.1 Å². The van der Waals surface area contributed by atoms with Gasteiger partial charge in [-0.2, -0.15) is 0 Å². The molecule has 1 aliphatic heterocycles. The Morgan fingerprint density at radius 3 is 2.92 bits per heavy atom. The molecule has 6 nitrogen and oxygen atoms in total. The highest BCUT2D eigenvalue weighted by Gasteiger charge is 2.34. The molecule has 0 radical (unpaired) electrons. The van der Waals surface area contributed by atoms with Gasteiger partial charge in [0.2, 0.25) is 11.7 Å². The molecule has 1 N–H and O–H groups in total. The lowest BCUT2D eigenvalue weighted by atomic mass is 9.96. The number of halogens is 1. The predicted octanol–water partition coefficient (Wildman–Crippen LogP) is 2.74. The molecule has 0 saturated carbocycles. The number of fused-ring (bicyclic) bond motifs is 1. The zero-order valence-corrected chi connectivity index (χ0v) is 14.4. The fourth-order valence-corrected chi connectivity index (χ4v) is 3.77. The van der Waals surface area contributed by atoms with E-state index in [1.165, 1.54) is 0 Å². The maximum atomic E-state index is 12.5. The van der Waals surface area contributed by atoms with Crippen molar-refractivity contribution in [3.05, 3.63) is 46.3 Å². The number of nitrogens with one attached hydrogen (secondary N) is 1. The summed E-state index contributed by atoms with van der Waals surface area (Å²) in [6.45, 7) is 0.393. The smallest absolute Gasteiger partial charge is 0.290 e. The molecule has 1 unspecified atom stereocenters. The van der Waals surface area contributed by atoms with E-state index in [9.17, 15) is 9.59 Å².